The summed E-state index contributed by atoms with van der Waals surface area (Å²) in [6.45, 7) is 4.50. The highest BCUT2D eigenvalue weighted by atomic mass is 15.3. The van der Waals surface area contributed by atoms with Crippen LogP contribution in [-0.4, -0.2) is 56.0 Å². The summed E-state index contributed by atoms with van der Waals surface area (Å²) in [6, 6.07) is 11.7. The average molecular weight is 274 g/mol. The molecule has 0 spiro atoms. The second-order valence-electron chi connectivity index (χ2n) is 5.65. The molecule has 1 aliphatic rings. The lowest BCUT2D eigenvalue weighted by Crippen LogP contribution is -2.44. The third-order valence-corrected chi connectivity index (χ3v) is 4.02. The van der Waals surface area contributed by atoms with Gasteiger partial charge in [0.05, 0.1) is 0 Å². The summed E-state index contributed by atoms with van der Waals surface area (Å²) in [5.74, 6) is 0.962. The van der Waals surface area contributed by atoms with Gasteiger partial charge in [-0.3, -0.25) is 9.89 Å². The maximum atomic E-state index is 4.29. The number of hydrogen-bond acceptors (Lipinski definition) is 2. The third kappa shape index (κ3) is 3.51. The summed E-state index contributed by atoms with van der Waals surface area (Å²) in [5.41, 5.74) is 1.39. The first-order chi connectivity index (χ1) is 9.61. The molecule has 0 amide bonds. The highest BCUT2D eigenvalue weighted by molar-refractivity contribution is 5.79. The molecule has 0 bridgehead atoms. The monoisotopic (exact) mass is 274 g/mol. The van der Waals surface area contributed by atoms with E-state index in [-0.39, 0.29) is 0 Å². The first kappa shape index (κ1) is 14.9. The van der Waals surface area contributed by atoms with Gasteiger partial charge in [0.15, 0.2) is 5.96 Å². The Hall–Kier alpha value is -1.55. The normalized spacial score (nSPS) is 21.8. The molecular weight excluding hydrogens is 248 g/mol. The minimum Gasteiger partial charge on any atom is -0.352 e. The summed E-state index contributed by atoms with van der Waals surface area (Å²) in [5, 5.41) is 3.54. The smallest absolute Gasteiger partial charge is 0.193 e. The van der Waals surface area contributed by atoms with E-state index in [1.165, 1.54) is 12.0 Å². The third-order valence-electron chi connectivity index (χ3n) is 4.02. The first-order valence-corrected chi connectivity index (χ1v) is 7.31. The fourth-order valence-corrected chi connectivity index (χ4v) is 2.78. The molecule has 0 aromatic heterocycles. The number of aliphatic imine (C=N–C) groups is 1. The molecule has 1 N–H and O–H groups in total. The molecule has 2 rings (SSSR count). The molecule has 4 nitrogen and oxygen atoms in total. The molecule has 1 heterocycles. The molecule has 1 aromatic carbocycles. The lowest BCUT2D eigenvalue weighted by Gasteiger charge is -2.26. The highest BCUT2D eigenvalue weighted by Gasteiger charge is 2.27. The Balaban J connectivity index is 1.92. The fourth-order valence-electron chi connectivity index (χ4n) is 2.78. The standard InChI is InChI=1S/C16H26N4/c1-13(14-8-6-5-7-9-14)20-11-10-15(12-20)18-16(17-2)19(3)4/h5-9,13,15H,10-12H2,1-4H3,(H,17,18). The second kappa shape index (κ2) is 6.75. The van der Waals surface area contributed by atoms with Crippen LogP contribution >= 0.6 is 0 Å². The van der Waals surface area contributed by atoms with Crippen molar-refractivity contribution in [1.82, 2.24) is 15.1 Å². The van der Waals surface area contributed by atoms with Crippen molar-refractivity contribution in [2.45, 2.75) is 25.4 Å². The van der Waals surface area contributed by atoms with E-state index in [4.69, 9.17) is 0 Å². The van der Waals surface area contributed by atoms with Crippen LogP contribution in [0.4, 0.5) is 0 Å². The van der Waals surface area contributed by atoms with Crippen LogP contribution in [0.25, 0.3) is 0 Å². The van der Waals surface area contributed by atoms with Crippen LogP contribution in [0.1, 0.15) is 24.9 Å². The highest BCUT2D eigenvalue weighted by Crippen LogP contribution is 2.24. The Bertz CT molecular complexity index is 441. The summed E-state index contributed by atoms with van der Waals surface area (Å²) in [4.78, 5) is 8.86. The predicted molar refractivity (Wildman–Crippen MR) is 85.0 cm³/mol. The Kier molecular flexibility index (Phi) is 5.01. The minimum absolute atomic E-state index is 0.476. The maximum Gasteiger partial charge on any atom is 0.193 e. The average Bonchev–Trinajstić information content (AvgIpc) is 2.93. The molecule has 20 heavy (non-hydrogen) atoms. The zero-order valence-corrected chi connectivity index (χ0v) is 13.0. The summed E-state index contributed by atoms with van der Waals surface area (Å²) in [6.07, 6.45) is 1.17. The summed E-state index contributed by atoms with van der Waals surface area (Å²) < 4.78 is 0. The van der Waals surface area contributed by atoms with E-state index >= 15 is 0 Å². The van der Waals surface area contributed by atoms with Crippen molar-refractivity contribution in [2.75, 3.05) is 34.2 Å². The molecule has 4 heteroatoms. The Morgan fingerprint density at radius 1 is 1.35 bits per heavy atom. The van der Waals surface area contributed by atoms with E-state index in [0.717, 1.165) is 19.0 Å². The van der Waals surface area contributed by atoms with Gasteiger partial charge in [0.1, 0.15) is 0 Å². The number of benzene rings is 1. The van der Waals surface area contributed by atoms with Crippen LogP contribution in [0, 0.1) is 0 Å². The van der Waals surface area contributed by atoms with Crippen LogP contribution < -0.4 is 5.32 Å². The molecule has 0 aliphatic carbocycles. The van der Waals surface area contributed by atoms with Crippen molar-refractivity contribution >= 4 is 5.96 Å². The lowest BCUT2D eigenvalue weighted by atomic mass is 10.1. The number of likely N-dealkylation sites (tertiary alicyclic amines) is 1. The van der Waals surface area contributed by atoms with Crippen LogP contribution in [0.15, 0.2) is 35.3 Å². The fraction of sp³-hybridized carbons (Fsp3) is 0.562. The molecule has 2 atom stereocenters. The van der Waals surface area contributed by atoms with E-state index < -0.39 is 0 Å². The molecule has 1 aliphatic heterocycles. The Morgan fingerprint density at radius 3 is 2.65 bits per heavy atom. The molecule has 2 unspecified atom stereocenters. The van der Waals surface area contributed by atoms with Crippen molar-refractivity contribution in [3.05, 3.63) is 35.9 Å². The van der Waals surface area contributed by atoms with E-state index in [1.54, 1.807) is 0 Å². The van der Waals surface area contributed by atoms with Gasteiger partial charge in [-0.1, -0.05) is 30.3 Å². The number of nitrogens with one attached hydrogen (secondary N) is 1. The van der Waals surface area contributed by atoms with Gasteiger partial charge in [-0.2, -0.15) is 0 Å². The van der Waals surface area contributed by atoms with Gasteiger partial charge < -0.3 is 10.2 Å². The van der Waals surface area contributed by atoms with E-state index in [9.17, 15) is 0 Å². The van der Waals surface area contributed by atoms with Crippen LogP contribution in [0.3, 0.4) is 0 Å². The van der Waals surface area contributed by atoms with Gasteiger partial charge >= 0.3 is 0 Å². The zero-order chi connectivity index (χ0) is 14.5. The topological polar surface area (TPSA) is 30.9 Å². The minimum atomic E-state index is 0.476. The molecule has 1 fully saturated rings. The van der Waals surface area contributed by atoms with E-state index in [0.29, 0.717) is 12.1 Å². The van der Waals surface area contributed by atoms with Gasteiger partial charge in [-0.25, -0.2) is 0 Å². The SMILES string of the molecule is CN=C(NC1CCN(C(C)c2ccccc2)C1)N(C)C. The van der Waals surface area contributed by atoms with Crippen LogP contribution in [-0.2, 0) is 0 Å². The van der Waals surface area contributed by atoms with Crippen molar-refractivity contribution in [1.29, 1.82) is 0 Å². The van der Waals surface area contributed by atoms with Crippen molar-refractivity contribution < 1.29 is 0 Å². The van der Waals surface area contributed by atoms with Crippen molar-refractivity contribution in [3.8, 4) is 0 Å². The van der Waals surface area contributed by atoms with E-state index in [2.05, 4.69) is 52.5 Å². The molecular formula is C16H26N4. The molecule has 110 valence electrons. The van der Waals surface area contributed by atoms with Crippen molar-refractivity contribution in [3.63, 3.8) is 0 Å². The molecule has 0 saturated carbocycles. The number of hydrogen-bond donors (Lipinski definition) is 1. The lowest BCUT2D eigenvalue weighted by molar-refractivity contribution is 0.258. The van der Waals surface area contributed by atoms with Gasteiger partial charge in [0, 0.05) is 46.3 Å². The Labute approximate surface area is 122 Å². The van der Waals surface area contributed by atoms with Crippen LogP contribution in [0.5, 0.6) is 0 Å². The molecule has 1 aromatic rings. The number of rotatable bonds is 3. The Morgan fingerprint density at radius 2 is 2.05 bits per heavy atom. The maximum absolute atomic E-state index is 4.29. The zero-order valence-electron chi connectivity index (χ0n) is 13.0. The first-order valence-electron chi connectivity index (χ1n) is 7.31. The van der Waals surface area contributed by atoms with E-state index in [1.807, 2.05) is 26.0 Å². The van der Waals surface area contributed by atoms with Gasteiger partial charge in [-0.05, 0) is 18.9 Å². The summed E-state index contributed by atoms with van der Waals surface area (Å²) >= 11 is 0. The predicted octanol–water partition coefficient (Wildman–Crippen LogP) is 1.96. The second-order valence-corrected chi connectivity index (χ2v) is 5.65. The largest absolute Gasteiger partial charge is 0.352 e. The van der Waals surface area contributed by atoms with Gasteiger partial charge in [0.25, 0.3) is 0 Å². The molecule has 0 radical (unpaired) electrons. The quantitative estimate of drug-likeness (QED) is 0.675. The number of guanidine groups is 1. The summed E-state index contributed by atoms with van der Waals surface area (Å²) in [7, 11) is 5.88. The van der Waals surface area contributed by atoms with Gasteiger partial charge in [-0.15, -0.1) is 0 Å². The van der Waals surface area contributed by atoms with Crippen molar-refractivity contribution in [2.24, 2.45) is 4.99 Å². The van der Waals surface area contributed by atoms with Crippen LogP contribution in [0.2, 0.25) is 0 Å². The molecule has 1 saturated heterocycles. The van der Waals surface area contributed by atoms with Gasteiger partial charge in [0.2, 0.25) is 0 Å². The number of nitrogens with zero attached hydrogens (tertiary/aromatic N) is 3.